The first-order valence-corrected chi connectivity index (χ1v) is 6.46. The third-order valence-corrected chi connectivity index (χ3v) is 3.84. The average molecular weight is 303 g/mol. The number of carbonyl (C=O) groups excluding carboxylic acids is 1. The molecule has 3 N–H and O–H groups in total. The molecule has 0 unspecified atom stereocenters. The van der Waals surface area contributed by atoms with Crippen LogP contribution in [0.2, 0.25) is 0 Å². The minimum Gasteiger partial charge on any atom is -0.494 e. The van der Waals surface area contributed by atoms with Crippen molar-refractivity contribution in [2.75, 3.05) is 19.0 Å². The van der Waals surface area contributed by atoms with Crippen LogP contribution in [0.25, 0.3) is 0 Å². The Morgan fingerprint density at radius 1 is 1.45 bits per heavy atom. The number of rotatable bonds is 4. The molecular formula is C14H20ClFN2O2. The van der Waals surface area contributed by atoms with Crippen LogP contribution in [-0.4, -0.2) is 19.6 Å². The Morgan fingerprint density at radius 2 is 2.10 bits per heavy atom. The maximum Gasteiger partial charge on any atom is 0.231 e. The Hall–Kier alpha value is -1.33. The van der Waals surface area contributed by atoms with Gasteiger partial charge >= 0.3 is 0 Å². The normalized spacial score (nSPS) is 16.4. The maximum atomic E-state index is 13.3. The molecule has 1 aromatic rings. The van der Waals surface area contributed by atoms with Crippen LogP contribution >= 0.6 is 12.4 Å². The van der Waals surface area contributed by atoms with E-state index in [1.165, 1.54) is 25.3 Å². The standard InChI is InChI=1S/C14H19FN2O2.ClH/c1-19-12-8-10(4-5-11(12)15)17-13(18)14(9-16)6-2-3-7-14;/h4-5,8H,2-3,6-7,9,16H2,1H3,(H,17,18);1H. The van der Waals surface area contributed by atoms with Crippen molar-refractivity contribution < 1.29 is 13.9 Å². The first-order valence-electron chi connectivity index (χ1n) is 6.46. The highest BCUT2D eigenvalue weighted by Crippen LogP contribution is 2.38. The van der Waals surface area contributed by atoms with Gasteiger partial charge in [0.05, 0.1) is 12.5 Å². The number of carbonyl (C=O) groups is 1. The molecule has 0 radical (unpaired) electrons. The lowest BCUT2D eigenvalue weighted by atomic mass is 9.85. The molecule has 0 bridgehead atoms. The van der Waals surface area contributed by atoms with Crippen molar-refractivity contribution >= 4 is 24.0 Å². The molecule has 2 rings (SSSR count). The van der Waals surface area contributed by atoms with Gasteiger partial charge in [0.2, 0.25) is 5.91 Å². The van der Waals surface area contributed by atoms with Crippen LogP contribution in [0.4, 0.5) is 10.1 Å². The van der Waals surface area contributed by atoms with Crippen LogP contribution < -0.4 is 15.8 Å². The summed E-state index contributed by atoms with van der Waals surface area (Å²) in [5.74, 6) is -0.415. The van der Waals surface area contributed by atoms with Crippen LogP contribution in [0.3, 0.4) is 0 Å². The number of ether oxygens (including phenoxy) is 1. The van der Waals surface area contributed by atoms with Crippen molar-refractivity contribution in [3.63, 3.8) is 0 Å². The van der Waals surface area contributed by atoms with Crippen molar-refractivity contribution in [3.05, 3.63) is 24.0 Å². The topological polar surface area (TPSA) is 64.3 Å². The number of nitrogens with one attached hydrogen (secondary N) is 1. The van der Waals surface area contributed by atoms with Crippen molar-refractivity contribution in [3.8, 4) is 5.75 Å². The Labute approximate surface area is 124 Å². The average Bonchev–Trinajstić information content (AvgIpc) is 2.91. The first-order chi connectivity index (χ1) is 9.11. The second-order valence-electron chi connectivity index (χ2n) is 5.00. The Balaban J connectivity index is 0.00000200. The van der Waals surface area contributed by atoms with Gasteiger partial charge in [-0.2, -0.15) is 0 Å². The summed E-state index contributed by atoms with van der Waals surface area (Å²) in [6.45, 7) is 0.344. The number of benzene rings is 1. The van der Waals surface area contributed by atoms with E-state index in [-0.39, 0.29) is 24.1 Å². The fraction of sp³-hybridized carbons (Fsp3) is 0.500. The molecule has 0 aromatic heterocycles. The van der Waals surface area contributed by atoms with Crippen LogP contribution in [0, 0.1) is 11.2 Å². The molecule has 0 spiro atoms. The van der Waals surface area contributed by atoms with Gasteiger partial charge < -0.3 is 15.8 Å². The fourth-order valence-electron chi connectivity index (χ4n) is 2.58. The Kier molecular flexibility index (Phi) is 5.77. The van der Waals surface area contributed by atoms with Gasteiger partial charge in [-0.05, 0) is 25.0 Å². The fourth-order valence-corrected chi connectivity index (χ4v) is 2.58. The zero-order valence-electron chi connectivity index (χ0n) is 11.4. The molecular weight excluding hydrogens is 283 g/mol. The summed E-state index contributed by atoms with van der Waals surface area (Å²) in [5, 5.41) is 2.81. The van der Waals surface area contributed by atoms with Gasteiger partial charge in [-0.25, -0.2) is 4.39 Å². The van der Waals surface area contributed by atoms with E-state index in [4.69, 9.17) is 10.5 Å². The lowest BCUT2D eigenvalue weighted by Gasteiger charge is -2.25. The van der Waals surface area contributed by atoms with Crippen LogP contribution in [0.5, 0.6) is 5.75 Å². The number of amides is 1. The predicted octanol–water partition coefficient (Wildman–Crippen LogP) is 2.71. The highest BCUT2D eigenvalue weighted by Gasteiger charge is 2.39. The number of hydrogen-bond donors (Lipinski definition) is 2. The largest absolute Gasteiger partial charge is 0.494 e. The minimum atomic E-state index is -0.471. The van der Waals surface area contributed by atoms with E-state index in [0.29, 0.717) is 12.2 Å². The van der Waals surface area contributed by atoms with E-state index >= 15 is 0 Å². The quantitative estimate of drug-likeness (QED) is 0.899. The third-order valence-electron chi connectivity index (χ3n) is 3.84. The van der Waals surface area contributed by atoms with Gasteiger partial charge in [-0.15, -0.1) is 12.4 Å². The van der Waals surface area contributed by atoms with E-state index in [2.05, 4.69) is 5.32 Å². The van der Waals surface area contributed by atoms with Crippen LogP contribution in [0.15, 0.2) is 18.2 Å². The molecule has 1 fully saturated rings. The number of hydrogen-bond acceptors (Lipinski definition) is 3. The van der Waals surface area contributed by atoms with E-state index < -0.39 is 11.2 Å². The van der Waals surface area contributed by atoms with E-state index in [1.54, 1.807) is 0 Å². The Bertz CT molecular complexity index is 476. The number of methoxy groups -OCH3 is 1. The monoisotopic (exact) mass is 302 g/mol. The lowest BCUT2D eigenvalue weighted by molar-refractivity contribution is -0.124. The molecule has 1 aliphatic rings. The lowest BCUT2D eigenvalue weighted by Crippen LogP contribution is -2.40. The zero-order chi connectivity index (χ0) is 13.9. The van der Waals surface area contributed by atoms with Crippen molar-refractivity contribution in [1.29, 1.82) is 0 Å². The summed E-state index contributed by atoms with van der Waals surface area (Å²) in [6.07, 6.45) is 3.68. The molecule has 6 heteroatoms. The smallest absolute Gasteiger partial charge is 0.231 e. The Morgan fingerprint density at radius 3 is 2.65 bits per heavy atom. The van der Waals surface area contributed by atoms with E-state index in [0.717, 1.165) is 25.7 Å². The zero-order valence-corrected chi connectivity index (χ0v) is 12.3. The van der Waals surface area contributed by atoms with Crippen molar-refractivity contribution in [2.24, 2.45) is 11.1 Å². The molecule has 112 valence electrons. The number of anilines is 1. The summed E-state index contributed by atoms with van der Waals surface area (Å²) in [5.41, 5.74) is 5.82. The molecule has 1 amide bonds. The van der Waals surface area contributed by atoms with E-state index in [1.807, 2.05) is 0 Å². The van der Waals surface area contributed by atoms with Gasteiger partial charge in [0.15, 0.2) is 11.6 Å². The minimum absolute atomic E-state index is 0. The van der Waals surface area contributed by atoms with Gasteiger partial charge in [-0.3, -0.25) is 4.79 Å². The number of nitrogens with two attached hydrogens (primary N) is 1. The summed E-state index contributed by atoms with van der Waals surface area (Å²) in [6, 6.07) is 4.28. The van der Waals surface area contributed by atoms with Crippen LogP contribution in [-0.2, 0) is 4.79 Å². The summed E-state index contributed by atoms with van der Waals surface area (Å²) in [4.78, 5) is 12.3. The highest BCUT2D eigenvalue weighted by atomic mass is 35.5. The highest BCUT2D eigenvalue weighted by molar-refractivity contribution is 5.95. The molecule has 0 heterocycles. The molecule has 0 saturated heterocycles. The molecule has 4 nitrogen and oxygen atoms in total. The summed E-state index contributed by atoms with van der Waals surface area (Å²) >= 11 is 0. The molecule has 1 saturated carbocycles. The molecule has 1 aliphatic carbocycles. The second kappa shape index (κ2) is 6.90. The van der Waals surface area contributed by atoms with Gasteiger partial charge in [0.1, 0.15) is 0 Å². The van der Waals surface area contributed by atoms with Gasteiger partial charge in [0.25, 0.3) is 0 Å². The molecule has 20 heavy (non-hydrogen) atoms. The van der Waals surface area contributed by atoms with Crippen LogP contribution in [0.1, 0.15) is 25.7 Å². The molecule has 0 atom stereocenters. The number of halogens is 2. The predicted molar refractivity (Wildman–Crippen MR) is 78.8 cm³/mol. The molecule has 1 aromatic carbocycles. The third kappa shape index (κ3) is 3.22. The van der Waals surface area contributed by atoms with Gasteiger partial charge in [0, 0.05) is 18.3 Å². The van der Waals surface area contributed by atoms with Crippen molar-refractivity contribution in [1.82, 2.24) is 0 Å². The molecule has 0 aliphatic heterocycles. The van der Waals surface area contributed by atoms with E-state index in [9.17, 15) is 9.18 Å². The first kappa shape index (κ1) is 16.7. The second-order valence-corrected chi connectivity index (χ2v) is 5.00. The van der Waals surface area contributed by atoms with Gasteiger partial charge in [-0.1, -0.05) is 12.8 Å². The maximum absolute atomic E-state index is 13.3. The SMILES string of the molecule is COc1cc(NC(=O)C2(CN)CCCC2)ccc1F.Cl. The van der Waals surface area contributed by atoms with Crippen molar-refractivity contribution in [2.45, 2.75) is 25.7 Å². The summed E-state index contributed by atoms with van der Waals surface area (Å²) < 4.78 is 18.2. The summed E-state index contributed by atoms with van der Waals surface area (Å²) in [7, 11) is 1.39.